The molecule has 1 aliphatic carbocycles. The molecule has 0 spiro atoms. The van der Waals surface area contributed by atoms with Gasteiger partial charge in [0.25, 0.3) is 0 Å². The number of amides is 1. The van der Waals surface area contributed by atoms with E-state index in [0.717, 1.165) is 12.5 Å². The number of rotatable bonds is 6. The predicted octanol–water partition coefficient (Wildman–Crippen LogP) is 1.24. The molecule has 0 aromatic rings. The van der Waals surface area contributed by atoms with Gasteiger partial charge in [-0.1, -0.05) is 0 Å². The highest BCUT2D eigenvalue weighted by atomic mass is 127. The molecule has 0 aliphatic heterocycles. The Labute approximate surface area is 127 Å². The summed E-state index contributed by atoms with van der Waals surface area (Å²) in [7, 11) is 0. The average Bonchev–Trinajstić information content (AvgIpc) is 3.00. The highest BCUT2D eigenvalue weighted by molar-refractivity contribution is 14.0. The number of halogens is 1. The first-order chi connectivity index (χ1) is 8.11. The molecule has 0 saturated heterocycles. The van der Waals surface area contributed by atoms with E-state index in [0.29, 0.717) is 19.0 Å². The number of nitrogens with one attached hydrogen (secondary N) is 3. The van der Waals surface area contributed by atoms with Crippen LogP contribution in [0.3, 0.4) is 0 Å². The maximum atomic E-state index is 11.4. The van der Waals surface area contributed by atoms with E-state index < -0.39 is 0 Å². The van der Waals surface area contributed by atoms with E-state index in [1.807, 2.05) is 20.8 Å². The maximum Gasteiger partial charge on any atom is 0.222 e. The normalized spacial score (nSPS) is 15.0. The van der Waals surface area contributed by atoms with Crippen LogP contribution in [0, 0.1) is 0 Å². The summed E-state index contributed by atoms with van der Waals surface area (Å²) >= 11 is 0. The topological polar surface area (TPSA) is 65.5 Å². The Morgan fingerprint density at radius 2 is 2.06 bits per heavy atom. The zero-order valence-electron chi connectivity index (χ0n) is 11.5. The lowest BCUT2D eigenvalue weighted by molar-refractivity contribution is -0.121. The Kier molecular flexibility index (Phi) is 9.13. The van der Waals surface area contributed by atoms with E-state index in [-0.39, 0.29) is 35.9 Å². The smallest absolute Gasteiger partial charge is 0.222 e. The monoisotopic (exact) mass is 368 g/mol. The van der Waals surface area contributed by atoms with Crippen molar-refractivity contribution in [2.24, 2.45) is 4.99 Å². The van der Waals surface area contributed by atoms with E-state index in [4.69, 9.17) is 0 Å². The molecule has 0 aromatic carbocycles. The number of guanidine groups is 1. The molecule has 0 aromatic heterocycles. The van der Waals surface area contributed by atoms with Gasteiger partial charge in [-0.25, -0.2) is 0 Å². The van der Waals surface area contributed by atoms with Crippen LogP contribution in [0.25, 0.3) is 0 Å². The summed E-state index contributed by atoms with van der Waals surface area (Å²) in [5.41, 5.74) is 0. The maximum absolute atomic E-state index is 11.4. The Hall–Kier alpha value is -0.530. The lowest BCUT2D eigenvalue weighted by atomic mass is 10.3. The van der Waals surface area contributed by atoms with Crippen molar-refractivity contribution >= 4 is 35.8 Å². The fraction of sp³-hybridized carbons (Fsp3) is 0.833. The van der Waals surface area contributed by atoms with Gasteiger partial charge >= 0.3 is 0 Å². The van der Waals surface area contributed by atoms with E-state index in [9.17, 15) is 4.79 Å². The van der Waals surface area contributed by atoms with Gasteiger partial charge in [-0.2, -0.15) is 0 Å². The lowest BCUT2D eigenvalue weighted by Crippen LogP contribution is -2.39. The number of carbonyl (C=O) groups is 1. The second kappa shape index (κ2) is 9.41. The quantitative estimate of drug-likeness (QED) is 0.376. The summed E-state index contributed by atoms with van der Waals surface area (Å²) in [4.78, 5) is 15.8. The molecular weight excluding hydrogens is 343 g/mol. The average molecular weight is 368 g/mol. The van der Waals surface area contributed by atoms with Crippen molar-refractivity contribution < 1.29 is 4.79 Å². The molecule has 1 saturated carbocycles. The van der Waals surface area contributed by atoms with E-state index >= 15 is 0 Å². The molecule has 0 heterocycles. The van der Waals surface area contributed by atoms with Gasteiger partial charge in [-0.3, -0.25) is 9.79 Å². The SMILES string of the molecule is CCNC(=NCCC(=O)NC(C)C)NC1CC1.I. The molecule has 106 valence electrons. The van der Waals surface area contributed by atoms with Crippen molar-refractivity contribution in [3.8, 4) is 0 Å². The number of hydrogen-bond acceptors (Lipinski definition) is 2. The van der Waals surface area contributed by atoms with Crippen LogP contribution in [-0.2, 0) is 4.79 Å². The van der Waals surface area contributed by atoms with Crippen molar-refractivity contribution in [1.29, 1.82) is 0 Å². The van der Waals surface area contributed by atoms with Crippen molar-refractivity contribution in [3.63, 3.8) is 0 Å². The summed E-state index contributed by atoms with van der Waals surface area (Å²) in [5, 5.41) is 9.34. The summed E-state index contributed by atoms with van der Waals surface area (Å²) in [6.07, 6.45) is 2.88. The van der Waals surface area contributed by atoms with E-state index in [2.05, 4.69) is 20.9 Å². The molecule has 3 N–H and O–H groups in total. The summed E-state index contributed by atoms with van der Waals surface area (Å²) in [5.74, 6) is 0.887. The van der Waals surface area contributed by atoms with Gasteiger partial charge in [0.1, 0.15) is 0 Å². The minimum Gasteiger partial charge on any atom is -0.357 e. The number of nitrogens with zero attached hydrogens (tertiary/aromatic N) is 1. The van der Waals surface area contributed by atoms with Gasteiger partial charge in [0.15, 0.2) is 5.96 Å². The molecule has 0 unspecified atom stereocenters. The van der Waals surface area contributed by atoms with Crippen molar-refractivity contribution in [3.05, 3.63) is 0 Å². The van der Waals surface area contributed by atoms with Gasteiger partial charge < -0.3 is 16.0 Å². The second-order valence-electron chi connectivity index (χ2n) is 4.65. The van der Waals surface area contributed by atoms with Gasteiger partial charge in [0.2, 0.25) is 5.91 Å². The second-order valence-corrected chi connectivity index (χ2v) is 4.65. The number of carbonyl (C=O) groups excluding carboxylic acids is 1. The minimum atomic E-state index is 0. The molecular formula is C12H25IN4O. The van der Waals surface area contributed by atoms with Crippen LogP contribution in [0.4, 0.5) is 0 Å². The molecule has 0 atom stereocenters. The molecule has 6 heteroatoms. The Balaban J connectivity index is 0.00000289. The van der Waals surface area contributed by atoms with Crippen molar-refractivity contribution in [2.75, 3.05) is 13.1 Å². The lowest BCUT2D eigenvalue weighted by Gasteiger charge is -2.10. The van der Waals surface area contributed by atoms with Gasteiger partial charge in [-0.15, -0.1) is 24.0 Å². The van der Waals surface area contributed by atoms with Crippen LogP contribution >= 0.6 is 24.0 Å². The minimum absolute atomic E-state index is 0. The first kappa shape index (κ1) is 17.5. The van der Waals surface area contributed by atoms with Gasteiger partial charge in [-0.05, 0) is 33.6 Å². The number of hydrogen-bond donors (Lipinski definition) is 3. The first-order valence-electron chi connectivity index (χ1n) is 6.46. The van der Waals surface area contributed by atoms with Crippen LogP contribution in [-0.4, -0.2) is 37.0 Å². The third-order valence-corrected chi connectivity index (χ3v) is 2.32. The van der Waals surface area contributed by atoms with E-state index in [1.54, 1.807) is 0 Å². The van der Waals surface area contributed by atoms with Crippen LogP contribution < -0.4 is 16.0 Å². The summed E-state index contributed by atoms with van der Waals surface area (Å²) < 4.78 is 0. The predicted molar refractivity (Wildman–Crippen MR) is 85.4 cm³/mol. The zero-order chi connectivity index (χ0) is 12.7. The molecule has 0 radical (unpaired) electrons. The molecule has 1 fully saturated rings. The number of aliphatic imine (C=N–C) groups is 1. The largest absolute Gasteiger partial charge is 0.357 e. The first-order valence-corrected chi connectivity index (χ1v) is 6.46. The highest BCUT2D eigenvalue weighted by Gasteiger charge is 2.21. The molecule has 1 amide bonds. The fourth-order valence-electron chi connectivity index (χ4n) is 1.40. The standard InChI is InChI=1S/C12H24N4O.HI/c1-4-13-12(16-10-5-6-10)14-8-7-11(17)15-9(2)3;/h9-10H,4-8H2,1-3H3,(H,15,17)(H2,13,14,16);1H. The molecule has 18 heavy (non-hydrogen) atoms. The van der Waals surface area contributed by atoms with Crippen molar-refractivity contribution in [1.82, 2.24) is 16.0 Å². The summed E-state index contributed by atoms with van der Waals surface area (Å²) in [6.45, 7) is 7.33. The van der Waals surface area contributed by atoms with Crippen LogP contribution in [0.2, 0.25) is 0 Å². The Morgan fingerprint density at radius 3 is 2.56 bits per heavy atom. The van der Waals surface area contributed by atoms with E-state index in [1.165, 1.54) is 12.8 Å². The van der Waals surface area contributed by atoms with Gasteiger partial charge in [0.05, 0.1) is 6.54 Å². The van der Waals surface area contributed by atoms with Gasteiger partial charge in [0, 0.05) is 25.0 Å². The van der Waals surface area contributed by atoms with Crippen molar-refractivity contribution in [2.45, 2.75) is 52.1 Å². The molecule has 1 aliphatic rings. The third-order valence-electron chi connectivity index (χ3n) is 2.32. The third kappa shape index (κ3) is 8.54. The fourth-order valence-corrected chi connectivity index (χ4v) is 1.40. The zero-order valence-corrected chi connectivity index (χ0v) is 13.8. The molecule has 1 rings (SSSR count). The highest BCUT2D eigenvalue weighted by Crippen LogP contribution is 2.18. The Morgan fingerprint density at radius 1 is 1.39 bits per heavy atom. The van der Waals surface area contributed by atoms with Crippen LogP contribution in [0.1, 0.15) is 40.0 Å². The van der Waals surface area contributed by atoms with Crippen LogP contribution in [0.5, 0.6) is 0 Å². The van der Waals surface area contributed by atoms with Crippen LogP contribution in [0.15, 0.2) is 4.99 Å². The molecule has 0 bridgehead atoms. The molecule has 5 nitrogen and oxygen atoms in total. The Bertz CT molecular complexity index is 277. The summed E-state index contributed by atoms with van der Waals surface area (Å²) in [6, 6.07) is 0.779.